The van der Waals surface area contributed by atoms with E-state index in [-0.39, 0.29) is 11.8 Å². The number of amides is 1. The van der Waals surface area contributed by atoms with Crippen molar-refractivity contribution in [1.29, 1.82) is 0 Å². The molecular weight excluding hydrogens is 306 g/mol. The lowest BCUT2D eigenvalue weighted by atomic mass is 9.73. The molecular formula is C19H27NO4. The van der Waals surface area contributed by atoms with Gasteiger partial charge < -0.3 is 15.2 Å². The van der Waals surface area contributed by atoms with Gasteiger partial charge in [-0.15, -0.1) is 0 Å². The van der Waals surface area contributed by atoms with Crippen molar-refractivity contribution >= 4 is 11.9 Å². The predicted octanol–water partition coefficient (Wildman–Crippen LogP) is 3.24. The highest BCUT2D eigenvalue weighted by Crippen LogP contribution is 2.34. The van der Waals surface area contributed by atoms with Gasteiger partial charge in [0.15, 0.2) is 0 Å². The van der Waals surface area contributed by atoms with Crippen molar-refractivity contribution in [2.45, 2.75) is 51.5 Å². The fraction of sp³-hybridized carbons (Fsp3) is 0.579. The Hall–Kier alpha value is -2.04. The van der Waals surface area contributed by atoms with E-state index < -0.39 is 17.4 Å². The third-order valence-corrected chi connectivity index (χ3v) is 4.93. The van der Waals surface area contributed by atoms with Crippen LogP contribution in [0.4, 0.5) is 0 Å². The van der Waals surface area contributed by atoms with Crippen molar-refractivity contribution < 1.29 is 19.4 Å². The average Bonchev–Trinajstić information content (AvgIpc) is 2.55. The number of hydrogen-bond donors (Lipinski definition) is 2. The molecule has 5 nitrogen and oxygen atoms in total. The molecule has 0 bridgehead atoms. The number of carboxylic acid groups (broad SMARTS) is 1. The summed E-state index contributed by atoms with van der Waals surface area (Å²) in [6.45, 7) is 4.17. The maximum absolute atomic E-state index is 12.5. The number of carboxylic acids is 1. The summed E-state index contributed by atoms with van der Waals surface area (Å²) in [4.78, 5) is 23.9. The minimum absolute atomic E-state index is 0.0951. The Morgan fingerprint density at radius 3 is 2.71 bits per heavy atom. The van der Waals surface area contributed by atoms with Crippen LogP contribution in [-0.2, 0) is 9.59 Å². The summed E-state index contributed by atoms with van der Waals surface area (Å²) in [6, 6.07) is 9.49. The number of aliphatic carboxylic acids is 1. The number of ether oxygens (including phenoxy) is 1. The van der Waals surface area contributed by atoms with Crippen LogP contribution in [0.25, 0.3) is 0 Å². The van der Waals surface area contributed by atoms with E-state index in [0.29, 0.717) is 25.9 Å². The first-order valence-corrected chi connectivity index (χ1v) is 8.65. The molecule has 1 aliphatic rings. The van der Waals surface area contributed by atoms with Crippen molar-refractivity contribution in [3.05, 3.63) is 30.3 Å². The van der Waals surface area contributed by atoms with Crippen molar-refractivity contribution in [3.63, 3.8) is 0 Å². The van der Waals surface area contributed by atoms with Crippen LogP contribution in [0.3, 0.4) is 0 Å². The number of carbonyl (C=O) groups excluding carboxylic acids is 1. The molecule has 5 heteroatoms. The third-order valence-electron chi connectivity index (χ3n) is 4.93. The first-order valence-electron chi connectivity index (χ1n) is 8.65. The fourth-order valence-electron chi connectivity index (χ4n) is 3.29. The molecule has 1 aromatic carbocycles. The Kier molecular flexibility index (Phi) is 6.23. The first kappa shape index (κ1) is 18.3. The molecule has 132 valence electrons. The van der Waals surface area contributed by atoms with E-state index in [2.05, 4.69) is 5.32 Å². The van der Waals surface area contributed by atoms with Crippen LogP contribution in [0.2, 0.25) is 0 Å². The molecule has 24 heavy (non-hydrogen) atoms. The number of para-hydroxylation sites is 1. The molecule has 0 aliphatic heterocycles. The molecule has 3 unspecified atom stereocenters. The van der Waals surface area contributed by atoms with Gasteiger partial charge in [-0.25, -0.2) is 0 Å². The molecule has 1 fully saturated rings. The monoisotopic (exact) mass is 333 g/mol. The highest BCUT2D eigenvalue weighted by atomic mass is 16.5. The van der Waals surface area contributed by atoms with Gasteiger partial charge in [0.05, 0.1) is 18.1 Å². The van der Waals surface area contributed by atoms with Crippen molar-refractivity contribution in [1.82, 2.24) is 5.32 Å². The summed E-state index contributed by atoms with van der Waals surface area (Å²) in [6.07, 6.45) is 3.78. The topological polar surface area (TPSA) is 75.6 Å². The maximum atomic E-state index is 12.5. The second kappa shape index (κ2) is 8.18. The average molecular weight is 333 g/mol. The minimum Gasteiger partial charge on any atom is -0.494 e. The van der Waals surface area contributed by atoms with Crippen LogP contribution >= 0.6 is 0 Å². The zero-order valence-corrected chi connectivity index (χ0v) is 14.5. The van der Waals surface area contributed by atoms with Gasteiger partial charge >= 0.3 is 5.97 Å². The zero-order chi connectivity index (χ0) is 17.6. The van der Waals surface area contributed by atoms with E-state index in [1.165, 1.54) is 0 Å². The van der Waals surface area contributed by atoms with Gasteiger partial charge in [0.2, 0.25) is 5.91 Å². The molecule has 0 spiro atoms. The van der Waals surface area contributed by atoms with Crippen LogP contribution in [0, 0.1) is 11.8 Å². The van der Waals surface area contributed by atoms with Crippen molar-refractivity contribution in [2.24, 2.45) is 11.8 Å². The second-order valence-corrected chi connectivity index (χ2v) is 6.89. The standard InChI is InChI=1S/C19H27NO4/c1-14(11-13-24-15-8-4-3-5-9-15)17(21)20-19(2)12-7-6-10-16(19)18(22)23/h3-5,8-9,14,16H,6-7,10-13H2,1-2H3,(H,20,21)(H,22,23). The molecule has 1 aliphatic carbocycles. The van der Waals surface area contributed by atoms with Crippen molar-refractivity contribution in [2.75, 3.05) is 6.61 Å². The Morgan fingerprint density at radius 2 is 2.04 bits per heavy atom. The summed E-state index contributed by atoms with van der Waals surface area (Å²) in [7, 11) is 0. The number of nitrogens with one attached hydrogen (secondary N) is 1. The second-order valence-electron chi connectivity index (χ2n) is 6.89. The molecule has 2 rings (SSSR count). The Bertz CT molecular complexity index is 560. The fourth-order valence-corrected chi connectivity index (χ4v) is 3.29. The third kappa shape index (κ3) is 4.73. The lowest BCUT2D eigenvalue weighted by Gasteiger charge is -2.40. The molecule has 1 amide bonds. The normalized spacial score (nSPS) is 24.8. The lowest BCUT2D eigenvalue weighted by molar-refractivity contribution is -0.147. The van der Waals surface area contributed by atoms with Gasteiger partial charge in [0, 0.05) is 5.92 Å². The van der Waals surface area contributed by atoms with Gasteiger partial charge in [-0.05, 0) is 38.3 Å². The smallest absolute Gasteiger partial charge is 0.308 e. The van der Waals surface area contributed by atoms with Gasteiger partial charge in [-0.1, -0.05) is 38.0 Å². The summed E-state index contributed by atoms with van der Waals surface area (Å²) in [5.74, 6) is -0.861. The highest BCUT2D eigenvalue weighted by molar-refractivity contribution is 5.81. The maximum Gasteiger partial charge on any atom is 0.308 e. The molecule has 0 aromatic heterocycles. The van der Waals surface area contributed by atoms with Gasteiger partial charge in [0.1, 0.15) is 5.75 Å². The summed E-state index contributed by atoms with van der Waals surface area (Å²) in [5, 5.41) is 12.4. The molecule has 0 radical (unpaired) electrons. The SMILES string of the molecule is CC(CCOc1ccccc1)C(=O)NC1(C)CCCCC1C(=O)O. The summed E-state index contributed by atoms with van der Waals surface area (Å²) >= 11 is 0. The van der Waals surface area contributed by atoms with E-state index >= 15 is 0 Å². The minimum atomic E-state index is -0.822. The quantitative estimate of drug-likeness (QED) is 0.803. The molecule has 3 atom stereocenters. The van der Waals surface area contributed by atoms with Crippen molar-refractivity contribution in [3.8, 4) is 5.75 Å². The van der Waals surface area contributed by atoms with Crippen LogP contribution in [-0.4, -0.2) is 29.1 Å². The Labute approximate surface area is 143 Å². The lowest BCUT2D eigenvalue weighted by Crippen LogP contribution is -2.56. The van der Waals surface area contributed by atoms with E-state index in [1.54, 1.807) is 0 Å². The van der Waals surface area contributed by atoms with Gasteiger partial charge in [-0.2, -0.15) is 0 Å². The van der Waals surface area contributed by atoms with Crippen LogP contribution in [0.15, 0.2) is 30.3 Å². The van der Waals surface area contributed by atoms with Gasteiger partial charge in [0.25, 0.3) is 0 Å². The summed E-state index contributed by atoms with van der Waals surface area (Å²) < 4.78 is 5.63. The molecule has 2 N–H and O–H groups in total. The molecule has 1 aromatic rings. The van der Waals surface area contributed by atoms with E-state index in [1.807, 2.05) is 44.2 Å². The van der Waals surface area contributed by atoms with Crippen LogP contribution in [0.1, 0.15) is 46.0 Å². The molecule has 1 saturated carbocycles. The number of benzene rings is 1. The molecule has 0 saturated heterocycles. The number of carbonyl (C=O) groups is 2. The Balaban J connectivity index is 1.84. The predicted molar refractivity (Wildman–Crippen MR) is 91.9 cm³/mol. The first-order chi connectivity index (χ1) is 11.4. The summed E-state index contributed by atoms with van der Waals surface area (Å²) in [5.41, 5.74) is -0.657. The van der Waals surface area contributed by atoms with E-state index in [9.17, 15) is 14.7 Å². The largest absolute Gasteiger partial charge is 0.494 e. The van der Waals surface area contributed by atoms with E-state index in [4.69, 9.17) is 4.74 Å². The van der Waals surface area contributed by atoms with Gasteiger partial charge in [-0.3, -0.25) is 9.59 Å². The highest BCUT2D eigenvalue weighted by Gasteiger charge is 2.42. The zero-order valence-electron chi connectivity index (χ0n) is 14.5. The van der Waals surface area contributed by atoms with Crippen LogP contribution < -0.4 is 10.1 Å². The van der Waals surface area contributed by atoms with E-state index in [0.717, 1.165) is 18.6 Å². The number of hydrogen-bond acceptors (Lipinski definition) is 3. The van der Waals surface area contributed by atoms with Crippen LogP contribution in [0.5, 0.6) is 5.75 Å². The molecule has 0 heterocycles. The number of rotatable bonds is 7. The Morgan fingerprint density at radius 1 is 1.33 bits per heavy atom.